The fourth-order valence-corrected chi connectivity index (χ4v) is 2.52. The van der Waals surface area contributed by atoms with Crippen molar-refractivity contribution < 1.29 is 0 Å². The summed E-state index contributed by atoms with van der Waals surface area (Å²) in [6.07, 6.45) is 2.63. The summed E-state index contributed by atoms with van der Waals surface area (Å²) in [6.45, 7) is 5.55. The molecule has 0 radical (unpaired) electrons. The lowest BCUT2D eigenvalue weighted by Crippen LogP contribution is -2.35. The van der Waals surface area contributed by atoms with Gasteiger partial charge >= 0.3 is 0 Å². The van der Waals surface area contributed by atoms with Crippen molar-refractivity contribution in [2.45, 2.75) is 19.8 Å². The molecule has 0 aromatic heterocycles. The molecule has 1 aromatic carbocycles. The van der Waals surface area contributed by atoms with Crippen molar-refractivity contribution in [3.8, 4) is 0 Å². The van der Waals surface area contributed by atoms with Crippen LogP contribution in [0.3, 0.4) is 0 Å². The molecule has 3 heteroatoms. The molecule has 0 aliphatic carbocycles. The van der Waals surface area contributed by atoms with Gasteiger partial charge in [0.05, 0.1) is 11.4 Å². The van der Waals surface area contributed by atoms with E-state index >= 15 is 0 Å². The van der Waals surface area contributed by atoms with Gasteiger partial charge in [-0.15, -0.1) is 0 Å². The van der Waals surface area contributed by atoms with Gasteiger partial charge in [-0.05, 0) is 57.0 Å². The molecule has 1 aliphatic rings. The van der Waals surface area contributed by atoms with E-state index in [0.29, 0.717) is 0 Å². The van der Waals surface area contributed by atoms with Gasteiger partial charge in [0.2, 0.25) is 0 Å². The monoisotopic (exact) mass is 233 g/mol. The molecule has 1 heterocycles. The fraction of sp³-hybridized carbons (Fsp3) is 0.571. The first-order valence-corrected chi connectivity index (χ1v) is 6.43. The van der Waals surface area contributed by atoms with Crippen molar-refractivity contribution in [2.24, 2.45) is 5.92 Å². The van der Waals surface area contributed by atoms with Crippen molar-refractivity contribution in [3.05, 3.63) is 23.8 Å². The predicted molar refractivity (Wildman–Crippen MR) is 74.3 cm³/mol. The van der Waals surface area contributed by atoms with Gasteiger partial charge in [-0.2, -0.15) is 0 Å². The number of nitrogens with zero attached hydrogens (tertiary/aromatic N) is 1. The highest BCUT2D eigenvalue weighted by atomic mass is 15.1. The Bertz CT molecular complexity index is 376. The third-order valence-corrected chi connectivity index (χ3v) is 3.51. The Morgan fingerprint density at radius 1 is 1.47 bits per heavy atom. The molecule has 0 amide bonds. The van der Waals surface area contributed by atoms with E-state index in [1.165, 1.54) is 31.5 Å². The van der Waals surface area contributed by atoms with Crippen LogP contribution in [0.1, 0.15) is 18.4 Å². The minimum absolute atomic E-state index is 0.744. The third kappa shape index (κ3) is 3.37. The van der Waals surface area contributed by atoms with Crippen LogP contribution < -0.4 is 11.1 Å². The second kappa shape index (κ2) is 5.41. The Morgan fingerprint density at radius 3 is 3.06 bits per heavy atom. The topological polar surface area (TPSA) is 41.3 Å². The molecule has 0 spiro atoms. The van der Waals surface area contributed by atoms with Crippen molar-refractivity contribution in [1.82, 2.24) is 4.90 Å². The number of benzene rings is 1. The number of nitrogens with one attached hydrogen (secondary N) is 1. The van der Waals surface area contributed by atoms with E-state index < -0.39 is 0 Å². The van der Waals surface area contributed by atoms with E-state index in [1.807, 2.05) is 6.07 Å². The summed E-state index contributed by atoms with van der Waals surface area (Å²) in [5.41, 5.74) is 9.14. The number of rotatable bonds is 3. The molecule has 1 aliphatic heterocycles. The smallest absolute Gasteiger partial charge is 0.0576 e. The number of hydrogen-bond acceptors (Lipinski definition) is 3. The molecule has 1 aromatic rings. The molecule has 3 N–H and O–H groups in total. The van der Waals surface area contributed by atoms with Crippen molar-refractivity contribution in [2.75, 3.05) is 37.7 Å². The quantitative estimate of drug-likeness (QED) is 0.787. The zero-order valence-corrected chi connectivity index (χ0v) is 10.9. The third-order valence-electron chi connectivity index (χ3n) is 3.51. The van der Waals surface area contributed by atoms with Crippen LogP contribution in [0.4, 0.5) is 11.4 Å². The Labute approximate surface area is 104 Å². The number of likely N-dealkylation sites (tertiary alicyclic amines) is 1. The van der Waals surface area contributed by atoms with Crippen LogP contribution in [0.25, 0.3) is 0 Å². The van der Waals surface area contributed by atoms with Gasteiger partial charge in [0.15, 0.2) is 0 Å². The van der Waals surface area contributed by atoms with E-state index in [0.717, 1.165) is 23.8 Å². The maximum atomic E-state index is 5.96. The fourth-order valence-electron chi connectivity index (χ4n) is 2.52. The summed E-state index contributed by atoms with van der Waals surface area (Å²) in [7, 11) is 2.20. The SMILES string of the molecule is Cc1ccc(N)c(NCC2CCCN(C)C2)c1. The van der Waals surface area contributed by atoms with Gasteiger partial charge in [0, 0.05) is 13.1 Å². The number of anilines is 2. The van der Waals surface area contributed by atoms with Crippen LogP contribution in [0, 0.1) is 12.8 Å². The lowest BCUT2D eigenvalue weighted by molar-refractivity contribution is 0.217. The molecular formula is C14H23N3. The molecule has 2 rings (SSSR count). The molecule has 94 valence electrons. The van der Waals surface area contributed by atoms with Crippen LogP contribution >= 0.6 is 0 Å². The number of aryl methyl sites for hydroxylation is 1. The Kier molecular flexibility index (Phi) is 3.89. The van der Waals surface area contributed by atoms with E-state index in [-0.39, 0.29) is 0 Å². The molecule has 0 bridgehead atoms. The highest BCUT2D eigenvalue weighted by Crippen LogP contribution is 2.21. The highest BCUT2D eigenvalue weighted by Gasteiger charge is 2.16. The van der Waals surface area contributed by atoms with Gasteiger partial charge in [-0.3, -0.25) is 0 Å². The van der Waals surface area contributed by atoms with Crippen LogP contribution in [-0.4, -0.2) is 31.6 Å². The zero-order chi connectivity index (χ0) is 12.3. The first kappa shape index (κ1) is 12.2. The minimum Gasteiger partial charge on any atom is -0.397 e. The summed E-state index contributed by atoms with van der Waals surface area (Å²) in [5, 5.41) is 3.49. The molecular weight excluding hydrogens is 210 g/mol. The average Bonchev–Trinajstić information content (AvgIpc) is 2.30. The molecule has 3 nitrogen and oxygen atoms in total. The second-order valence-corrected chi connectivity index (χ2v) is 5.24. The van der Waals surface area contributed by atoms with E-state index in [4.69, 9.17) is 5.73 Å². The minimum atomic E-state index is 0.744. The molecule has 0 saturated carbocycles. The Balaban J connectivity index is 1.90. The van der Waals surface area contributed by atoms with Gasteiger partial charge in [-0.1, -0.05) is 6.07 Å². The van der Waals surface area contributed by atoms with E-state index in [1.54, 1.807) is 0 Å². The summed E-state index contributed by atoms with van der Waals surface area (Å²) in [4.78, 5) is 2.41. The number of nitrogens with two attached hydrogens (primary N) is 1. The molecule has 1 unspecified atom stereocenters. The van der Waals surface area contributed by atoms with Gasteiger partial charge in [0.25, 0.3) is 0 Å². The highest BCUT2D eigenvalue weighted by molar-refractivity contribution is 5.66. The first-order valence-electron chi connectivity index (χ1n) is 6.43. The number of hydrogen-bond donors (Lipinski definition) is 2. The zero-order valence-electron chi connectivity index (χ0n) is 10.9. The standard InChI is InChI=1S/C14H23N3/c1-11-5-6-13(15)14(8-11)16-9-12-4-3-7-17(2)10-12/h5-6,8,12,16H,3-4,7,9-10,15H2,1-2H3. The average molecular weight is 233 g/mol. The maximum Gasteiger partial charge on any atom is 0.0576 e. The first-order chi connectivity index (χ1) is 8.15. The lowest BCUT2D eigenvalue weighted by Gasteiger charge is -2.30. The molecule has 1 fully saturated rings. The van der Waals surface area contributed by atoms with Gasteiger partial charge < -0.3 is 16.0 Å². The van der Waals surface area contributed by atoms with E-state index in [9.17, 15) is 0 Å². The molecule has 17 heavy (non-hydrogen) atoms. The second-order valence-electron chi connectivity index (χ2n) is 5.24. The van der Waals surface area contributed by atoms with Gasteiger partial charge in [-0.25, -0.2) is 0 Å². The van der Waals surface area contributed by atoms with E-state index in [2.05, 4.69) is 36.3 Å². The lowest BCUT2D eigenvalue weighted by atomic mass is 9.98. The Morgan fingerprint density at radius 2 is 2.29 bits per heavy atom. The van der Waals surface area contributed by atoms with Crippen LogP contribution in [-0.2, 0) is 0 Å². The number of nitrogen functional groups attached to an aromatic ring is 1. The summed E-state index contributed by atoms with van der Waals surface area (Å²) in [6, 6.07) is 6.15. The van der Waals surface area contributed by atoms with Crippen LogP contribution in [0.5, 0.6) is 0 Å². The largest absolute Gasteiger partial charge is 0.397 e. The van der Waals surface area contributed by atoms with Crippen molar-refractivity contribution in [1.29, 1.82) is 0 Å². The van der Waals surface area contributed by atoms with Gasteiger partial charge in [0.1, 0.15) is 0 Å². The molecule has 1 atom stereocenters. The van der Waals surface area contributed by atoms with Crippen LogP contribution in [0.2, 0.25) is 0 Å². The van der Waals surface area contributed by atoms with Crippen LogP contribution in [0.15, 0.2) is 18.2 Å². The van der Waals surface area contributed by atoms with Crippen molar-refractivity contribution in [3.63, 3.8) is 0 Å². The summed E-state index contributed by atoms with van der Waals surface area (Å²) >= 11 is 0. The summed E-state index contributed by atoms with van der Waals surface area (Å²) in [5.74, 6) is 0.744. The Hall–Kier alpha value is -1.22. The summed E-state index contributed by atoms with van der Waals surface area (Å²) < 4.78 is 0. The predicted octanol–water partition coefficient (Wildman–Crippen LogP) is 2.33. The maximum absolute atomic E-state index is 5.96. The van der Waals surface area contributed by atoms with Crippen molar-refractivity contribution >= 4 is 11.4 Å². The number of piperidine rings is 1. The molecule has 1 saturated heterocycles. The normalized spacial score (nSPS) is 21.4.